The summed E-state index contributed by atoms with van der Waals surface area (Å²) in [6, 6.07) is 2.11. The lowest BCUT2D eigenvalue weighted by Gasteiger charge is -2.32. The summed E-state index contributed by atoms with van der Waals surface area (Å²) in [5, 5.41) is 13.1. The monoisotopic (exact) mass is 387 g/mol. The van der Waals surface area contributed by atoms with Crippen LogP contribution in [0.5, 0.6) is 0 Å². The Bertz CT molecular complexity index is 849. The first-order valence-corrected chi connectivity index (χ1v) is 10.1. The minimum absolute atomic E-state index is 0.0319. The molecule has 0 amide bonds. The SMILES string of the molecule is CC(C)N(C)c1cnn(C2CCCN(Cc3cn(C(C)(C)C)nn3)C2)c(=O)c1. The van der Waals surface area contributed by atoms with Crippen molar-refractivity contribution in [3.8, 4) is 0 Å². The topological polar surface area (TPSA) is 72.1 Å². The molecule has 8 heteroatoms. The molecule has 2 aromatic rings. The van der Waals surface area contributed by atoms with Crippen LogP contribution in [0.25, 0.3) is 0 Å². The van der Waals surface area contributed by atoms with Gasteiger partial charge in [-0.05, 0) is 54.0 Å². The second kappa shape index (κ2) is 8.03. The largest absolute Gasteiger partial charge is 0.371 e. The number of rotatable bonds is 5. The fraction of sp³-hybridized carbons (Fsp3) is 0.700. The van der Waals surface area contributed by atoms with Gasteiger partial charge in [-0.2, -0.15) is 5.10 Å². The van der Waals surface area contributed by atoms with Crippen LogP contribution >= 0.6 is 0 Å². The van der Waals surface area contributed by atoms with E-state index in [0.29, 0.717) is 6.04 Å². The normalized spacial score (nSPS) is 18.6. The smallest absolute Gasteiger partial charge is 0.269 e. The van der Waals surface area contributed by atoms with Crippen LogP contribution in [0.3, 0.4) is 0 Å². The summed E-state index contributed by atoms with van der Waals surface area (Å²) in [6.07, 6.45) is 5.83. The number of likely N-dealkylation sites (tertiary alicyclic amines) is 1. The van der Waals surface area contributed by atoms with Crippen molar-refractivity contribution >= 4 is 5.69 Å². The molecule has 1 saturated heterocycles. The van der Waals surface area contributed by atoms with Crippen LogP contribution in [-0.2, 0) is 12.1 Å². The maximum absolute atomic E-state index is 12.7. The second-order valence-electron chi connectivity index (χ2n) is 9.06. The van der Waals surface area contributed by atoms with E-state index in [-0.39, 0.29) is 17.1 Å². The van der Waals surface area contributed by atoms with Crippen molar-refractivity contribution < 1.29 is 0 Å². The number of nitrogens with zero attached hydrogens (tertiary/aromatic N) is 7. The summed E-state index contributed by atoms with van der Waals surface area (Å²) >= 11 is 0. The highest BCUT2D eigenvalue weighted by molar-refractivity contribution is 5.42. The van der Waals surface area contributed by atoms with E-state index < -0.39 is 0 Å². The van der Waals surface area contributed by atoms with Crippen molar-refractivity contribution in [3.05, 3.63) is 34.5 Å². The molecular formula is C20H33N7O. The lowest BCUT2D eigenvalue weighted by molar-refractivity contribution is 0.158. The average Bonchev–Trinajstić information content (AvgIpc) is 3.10. The van der Waals surface area contributed by atoms with E-state index in [1.54, 1.807) is 16.9 Å². The summed E-state index contributed by atoms with van der Waals surface area (Å²) in [7, 11) is 1.98. The average molecular weight is 388 g/mol. The van der Waals surface area contributed by atoms with Gasteiger partial charge in [-0.3, -0.25) is 9.69 Å². The van der Waals surface area contributed by atoms with E-state index in [2.05, 4.69) is 59.8 Å². The van der Waals surface area contributed by atoms with Gasteiger partial charge in [0, 0.05) is 32.2 Å². The molecule has 1 fully saturated rings. The van der Waals surface area contributed by atoms with E-state index in [1.165, 1.54) is 0 Å². The Balaban J connectivity index is 1.70. The molecule has 0 N–H and O–H groups in total. The highest BCUT2D eigenvalue weighted by Gasteiger charge is 2.24. The molecule has 3 heterocycles. The zero-order valence-corrected chi connectivity index (χ0v) is 18.0. The Morgan fingerprint density at radius 3 is 2.68 bits per heavy atom. The van der Waals surface area contributed by atoms with Gasteiger partial charge in [-0.1, -0.05) is 5.21 Å². The highest BCUT2D eigenvalue weighted by Crippen LogP contribution is 2.22. The Hall–Kier alpha value is -2.22. The lowest BCUT2D eigenvalue weighted by atomic mass is 10.1. The fourth-order valence-corrected chi connectivity index (χ4v) is 3.48. The number of anilines is 1. The van der Waals surface area contributed by atoms with E-state index in [0.717, 1.165) is 43.9 Å². The molecule has 0 aromatic carbocycles. The molecule has 1 aliphatic rings. The minimum atomic E-state index is -0.0716. The van der Waals surface area contributed by atoms with Gasteiger partial charge in [-0.15, -0.1) is 5.10 Å². The van der Waals surface area contributed by atoms with Crippen LogP contribution in [0.15, 0.2) is 23.3 Å². The number of hydrogen-bond donors (Lipinski definition) is 0. The molecule has 0 saturated carbocycles. The van der Waals surface area contributed by atoms with Crippen LogP contribution in [0.4, 0.5) is 5.69 Å². The van der Waals surface area contributed by atoms with Gasteiger partial charge in [-0.25, -0.2) is 9.36 Å². The van der Waals surface area contributed by atoms with Crippen LogP contribution in [0.1, 0.15) is 59.2 Å². The maximum atomic E-state index is 12.7. The standard InChI is InChI=1S/C20H33N7O/c1-15(2)24(6)18-10-19(28)27(21-11-18)17-8-7-9-25(14-17)12-16-13-26(23-22-16)20(3,4)5/h10-11,13,15,17H,7-9,12,14H2,1-6H3. The number of aromatic nitrogens is 5. The van der Waals surface area contributed by atoms with Crippen molar-refractivity contribution in [3.63, 3.8) is 0 Å². The Kier molecular flexibility index (Phi) is 5.88. The van der Waals surface area contributed by atoms with E-state index >= 15 is 0 Å². The third-order valence-electron chi connectivity index (χ3n) is 5.43. The van der Waals surface area contributed by atoms with E-state index in [9.17, 15) is 4.79 Å². The highest BCUT2D eigenvalue weighted by atomic mass is 16.1. The molecule has 3 rings (SSSR count). The van der Waals surface area contributed by atoms with Crippen molar-refractivity contribution in [2.24, 2.45) is 0 Å². The lowest BCUT2D eigenvalue weighted by Crippen LogP contribution is -2.40. The van der Waals surface area contributed by atoms with Gasteiger partial charge >= 0.3 is 0 Å². The van der Waals surface area contributed by atoms with Gasteiger partial charge in [0.1, 0.15) is 0 Å². The van der Waals surface area contributed by atoms with Crippen molar-refractivity contribution in [1.29, 1.82) is 0 Å². The molecule has 1 unspecified atom stereocenters. The zero-order chi connectivity index (χ0) is 20.5. The number of piperidine rings is 1. The Labute approximate surface area is 167 Å². The summed E-state index contributed by atoms with van der Waals surface area (Å²) < 4.78 is 3.55. The Morgan fingerprint density at radius 1 is 1.32 bits per heavy atom. The molecule has 8 nitrogen and oxygen atoms in total. The van der Waals surface area contributed by atoms with Gasteiger partial charge in [0.05, 0.1) is 35.4 Å². The first-order valence-electron chi connectivity index (χ1n) is 10.1. The van der Waals surface area contributed by atoms with Crippen LogP contribution in [0, 0.1) is 0 Å². The molecule has 28 heavy (non-hydrogen) atoms. The van der Waals surface area contributed by atoms with E-state index in [4.69, 9.17) is 0 Å². The summed E-state index contributed by atoms with van der Waals surface area (Å²) in [4.78, 5) is 17.1. The summed E-state index contributed by atoms with van der Waals surface area (Å²) in [5.74, 6) is 0. The summed E-state index contributed by atoms with van der Waals surface area (Å²) in [6.45, 7) is 13.1. The van der Waals surface area contributed by atoms with Crippen molar-refractivity contribution in [2.75, 3.05) is 25.0 Å². The Morgan fingerprint density at radius 2 is 2.07 bits per heavy atom. The van der Waals surface area contributed by atoms with Gasteiger partial charge in [0.25, 0.3) is 5.56 Å². The summed E-state index contributed by atoms with van der Waals surface area (Å²) in [5.41, 5.74) is 1.72. The molecule has 0 spiro atoms. The third-order valence-corrected chi connectivity index (χ3v) is 5.43. The molecular weight excluding hydrogens is 354 g/mol. The van der Waals surface area contributed by atoms with Gasteiger partial charge in [0.15, 0.2) is 0 Å². The van der Waals surface area contributed by atoms with Crippen LogP contribution in [-0.4, -0.2) is 55.9 Å². The molecule has 2 aromatic heterocycles. The predicted octanol–water partition coefficient (Wildman–Crippen LogP) is 2.27. The fourth-order valence-electron chi connectivity index (χ4n) is 3.48. The van der Waals surface area contributed by atoms with Crippen molar-refractivity contribution in [2.45, 2.75) is 71.6 Å². The first-order chi connectivity index (χ1) is 13.1. The van der Waals surface area contributed by atoms with Crippen LogP contribution in [0.2, 0.25) is 0 Å². The molecule has 0 bridgehead atoms. The minimum Gasteiger partial charge on any atom is -0.371 e. The molecule has 1 aliphatic heterocycles. The zero-order valence-electron chi connectivity index (χ0n) is 18.0. The van der Waals surface area contributed by atoms with Crippen LogP contribution < -0.4 is 10.5 Å². The first kappa shape index (κ1) is 20.5. The number of hydrogen-bond acceptors (Lipinski definition) is 6. The quantitative estimate of drug-likeness (QED) is 0.784. The molecule has 154 valence electrons. The van der Waals surface area contributed by atoms with Gasteiger partial charge in [0.2, 0.25) is 0 Å². The van der Waals surface area contributed by atoms with E-state index in [1.807, 2.05) is 17.9 Å². The maximum Gasteiger partial charge on any atom is 0.269 e. The second-order valence-corrected chi connectivity index (χ2v) is 9.06. The predicted molar refractivity (Wildman–Crippen MR) is 111 cm³/mol. The molecule has 0 radical (unpaired) electrons. The molecule has 0 aliphatic carbocycles. The third kappa shape index (κ3) is 4.60. The van der Waals surface area contributed by atoms with Gasteiger partial charge < -0.3 is 4.90 Å². The molecule has 1 atom stereocenters. The van der Waals surface area contributed by atoms with Crippen molar-refractivity contribution in [1.82, 2.24) is 29.7 Å².